The number of rotatable bonds is 5. The highest BCUT2D eigenvalue weighted by molar-refractivity contribution is 7.13. The molecule has 0 spiro atoms. The predicted octanol–water partition coefficient (Wildman–Crippen LogP) is 2.26. The number of nitrogens with zero attached hydrogens (tertiary/aromatic N) is 1. The molecule has 84 valence electrons. The fourth-order valence-corrected chi connectivity index (χ4v) is 2.73. The average Bonchev–Trinajstić information content (AvgIpc) is 2.88. The molecule has 0 aromatic carbocycles. The van der Waals surface area contributed by atoms with Gasteiger partial charge in [-0.1, -0.05) is 6.92 Å². The summed E-state index contributed by atoms with van der Waals surface area (Å²) in [6.45, 7) is 4.37. The molecule has 0 radical (unpaired) electrons. The number of anilines is 1. The zero-order chi connectivity index (χ0) is 10.5. The van der Waals surface area contributed by atoms with Crippen LogP contribution in [-0.4, -0.2) is 24.1 Å². The maximum absolute atomic E-state index is 4.48. The molecule has 2 heterocycles. The third-order valence-electron chi connectivity index (χ3n) is 2.85. The fourth-order valence-electron chi connectivity index (χ4n) is 1.91. The average molecular weight is 225 g/mol. The number of aromatic nitrogens is 1. The van der Waals surface area contributed by atoms with E-state index in [4.69, 9.17) is 0 Å². The van der Waals surface area contributed by atoms with E-state index >= 15 is 0 Å². The van der Waals surface area contributed by atoms with E-state index in [1.807, 2.05) is 0 Å². The van der Waals surface area contributed by atoms with Crippen molar-refractivity contribution >= 4 is 16.5 Å². The molecule has 1 atom stereocenters. The van der Waals surface area contributed by atoms with Crippen LogP contribution in [0.25, 0.3) is 0 Å². The number of nitrogens with one attached hydrogen (secondary N) is 2. The first-order chi connectivity index (χ1) is 7.38. The molecule has 0 amide bonds. The number of thiazole rings is 1. The minimum atomic E-state index is 0.725. The van der Waals surface area contributed by atoms with Crippen molar-refractivity contribution in [2.24, 2.45) is 0 Å². The molecule has 0 unspecified atom stereocenters. The van der Waals surface area contributed by atoms with Crippen molar-refractivity contribution < 1.29 is 0 Å². The molecule has 0 saturated carbocycles. The lowest BCUT2D eigenvalue weighted by molar-refractivity contribution is 0.574. The predicted molar refractivity (Wildman–Crippen MR) is 65.6 cm³/mol. The molecule has 3 nitrogen and oxygen atoms in total. The second-order valence-corrected chi connectivity index (χ2v) is 4.86. The van der Waals surface area contributed by atoms with Gasteiger partial charge in [0, 0.05) is 18.0 Å². The molecule has 1 aromatic heterocycles. The van der Waals surface area contributed by atoms with Crippen LogP contribution in [0, 0.1) is 0 Å². The topological polar surface area (TPSA) is 37.0 Å². The molecule has 4 heteroatoms. The molecule has 1 aliphatic heterocycles. The van der Waals surface area contributed by atoms with Gasteiger partial charge in [0.15, 0.2) is 5.13 Å². The van der Waals surface area contributed by atoms with Gasteiger partial charge in [-0.15, -0.1) is 11.3 Å². The van der Waals surface area contributed by atoms with Gasteiger partial charge < -0.3 is 10.6 Å². The largest absolute Gasteiger partial charge is 0.361 e. The fraction of sp³-hybridized carbons (Fsp3) is 0.727. The van der Waals surface area contributed by atoms with Crippen molar-refractivity contribution in [2.45, 2.75) is 38.6 Å². The lowest BCUT2D eigenvalue weighted by Crippen LogP contribution is -2.24. The highest BCUT2D eigenvalue weighted by atomic mass is 32.1. The summed E-state index contributed by atoms with van der Waals surface area (Å²) < 4.78 is 0. The smallest absolute Gasteiger partial charge is 0.182 e. The van der Waals surface area contributed by atoms with Crippen LogP contribution in [0.1, 0.15) is 31.9 Å². The summed E-state index contributed by atoms with van der Waals surface area (Å²) in [4.78, 5) is 4.48. The Kier molecular flexibility index (Phi) is 3.97. The Hall–Kier alpha value is -0.610. The van der Waals surface area contributed by atoms with E-state index in [0.717, 1.165) is 24.1 Å². The highest BCUT2D eigenvalue weighted by Crippen LogP contribution is 2.16. The standard InChI is InChI=1S/C11H19N3S/c1-2-9-8-15-11(14-9)13-7-5-10-4-3-6-12-10/h8,10,12H,2-7H2,1H3,(H,13,14)/t10-/m1/s1. The van der Waals surface area contributed by atoms with E-state index in [2.05, 4.69) is 27.9 Å². The van der Waals surface area contributed by atoms with Crippen molar-refractivity contribution in [1.29, 1.82) is 0 Å². The Morgan fingerprint density at radius 1 is 1.67 bits per heavy atom. The van der Waals surface area contributed by atoms with Crippen molar-refractivity contribution in [3.63, 3.8) is 0 Å². The van der Waals surface area contributed by atoms with Gasteiger partial charge in [-0.05, 0) is 32.2 Å². The molecule has 2 N–H and O–H groups in total. The molecule has 0 aliphatic carbocycles. The van der Waals surface area contributed by atoms with Crippen LogP contribution in [0.4, 0.5) is 5.13 Å². The van der Waals surface area contributed by atoms with Crippen LogP contribution in [0.15, 0.2) is 5.38 Å². The van der Waals surface area contributed by atoms with E-state index in [0.29, 0.717) is 0 Å². The van der Waals surface area contributed by atoms with E-state index in [1.165, 1.54) is 31.5 Å². The minimum absolute atomic E-state index is 0.725. The van der Waals surface area contributed by atoms with Crippen LogP contribution >= 0.6 is 11.3 Å². The lowest BCUT2D eigenvalue weighted by atomic mass is 10.2. The van der Waals surface area contributed by atoms with Gasteiger partial charge in [-0.25, -0.2) is 4.98 Å². The van der Waals surface area contributed by atoms with E-state index < -0.39 is 0 Å². The molecular weight excluding hydrogens is 206 g/mol. The van der Waals surface area contributed by atoms with Crippen LogP contribution in [-0.2, 0) is 6.42 Å². The number of hydrogen-bond donors (Lipinski definition) is 2. The molecule has 1 aromatic rings. The van der Waals surface area contributed by atoms with Crippen LogP contribution < -0.4 is 10.6 Å². The molecule has 15 heavy (non-hydrogen) atoms. The van der Waals surface area contributed by atoms with Gasteiger partial charge in [0.25, 0.3) is 0 Å². The van der Waals surface area contributed by atoms with E-state index in [-0.39, 0.29) is 0 Å². The van der Waals surface area contributed by atoms with Gasteiger partial charge in [-0.2, -0.15) is 0 Å². The lowest BCUT2D eigenvalue weighted by Gasteiger charge is -2.09. The van der Waals surface area contributed by atoms with Gasteiger partial charge in [0.05, 0.1) is 5.69 Å². The van der Waals surface area contributed by atoms with Crippen LogP contribution in [0.3, 0.4) is 0 Å². The summed E-state index contributed by atoms with van der Waals surface area (Å²) >= 11 is 1.71. The SMILES string of the molecule is CCc1csc(NCC[C@H]2CCCN2)n1. The van der Waals surface area contributed by atoms with Crippen LogP contribution in [0.2, 0.25) is 0 Å². The van der Waals surface area contributed by atoms with Gasteiger partial charge in [-0.3, -0.25) is 0 Å². The third-order valence-corrected chi connectivity index (χ3v) is 3.69. The molecule has 1 saturated heterocycles. The first-order valence-electron chi connectivity index (χ1n) is 5.80. The molecule has 2 rings (SSSR count). The number of aryl methyl sites for hydroxylation is 1. The Morgan fingerprint density at radius 3 is 3.27 bits per heavy atom. The van der Waals surface area contributed by atoms with E-state index in [9.17, 15) is 0 Å². The number of hydrogen-bond acceptors (Lipinski definition) is 4. The Balaban J connectivity index is 1.68. The van der Waals surface area contributed by atoms with Gasteiger partial charge in [0.1, 0.15) is 0 Å². The Morgan fingerprint density at radius 2 is 2.60 bits per heavy atom. The highest BCUT2D eigenvalue weighted by Gasteiger charge is 2.13. The zero-order valence-corrected chi connectivity index (χ0v) is 10.1. The second-order valence-electron chi connectivity index (χ2n) is 4.01. The summed E-state index contributed by atoms with van der Waals surface area (Å²) in [6.07, 6.45) is 4.91. The molecular formula is C11H19N3S. The first kappa shape index (κ1) is 10.9. The van der Waals surface area contributed by atoms with Crippen molar-refractivity contribution in [2.75, 3.05) is 18.4 Å². The Bertz CT molecular complexity index is 292. The van der Waals surface area contributed by atoms with Crippen molar-refractivity contribution in [3.05, 3.63) is 11.1 Å². The van der Waals surface area contributed by atoms with Gasteiger partial charge >= 0.3 is 0 Å². The summed E-state index contributed by atoms with van der Waals surface area (Å²) in [5, 5.41) is 10.1. The van der Waals surface area contributed by atoms with Crippen LogP contribution in [0.5, 0.6) is 0 Å². The summed E-state index contributed by atoms with van der Waals surface area (Å²) in [5.41, 5.74) is 1.20. The summed E-state index contributed by atoms with van der Waals surface area (Å²) in [5.74, 6) is 0. The maximum atomic E-state index is 4.48. The van der Waals surface area contributed by atoms with Gasteiger partial charge in [0.2, 0.25) is 0 Å². The maximum Gasteiger partial charge on any atom is 0.182 e. The molecule has 1 fully saturated rings. The summed E-state index contributed by atoms with van der Waals surface area (Å²) in [7, 11) is 0. The minimum Gasteiger partial charge on any atom is -0.361 e. The zero-order valence-electron chi connectivity index (χ0n) is 9.25. The van der Waals surface area contributed by atoms with Crippen molar-refractivity contribution in [1.82, 2.24) is 10.3 Å². The quantitative estimate of drug-likeness (QED) is 0.807. The Labute approximate surface area is 95.3 Å². The first-order valence-corrected chi connectivity index (χ1v) is 6.68. The second kappa shape index (κ2) is 5.47. The molecule has 1 aliphatic rings. The third kappa shape index (κ3) is 3.18. The normalized spacial score (nSPS) is 20.7. The van der Waals surface area contributed by atoms with E-state index in [1.54, 1.807) is 11.3 Å². The molecule has 0 bridgehead atoms. The monoisotopic (exact) mass is 225 g/mol. The summed E-state index contributed by atoms with van der Waals surface area (Å²) in [6, 6.07) is 0.725. The van der Waals surface area contributed by atoms with Crippen molar-refractivity contribution in [3.8, 4) is 0 Å².